The number of carbonyl (C=O) groups is 1. The predicted molar refractivity (Wildman–Crippen MR) is 136 cm³/mol. The van der Waals surface area contributed by atoms with Gasteiger partial charge in [-0.15, -0.1) is 11.3 Å². The van der Waals surface area contributed by atoms with Crippen LogP contribution in [0, 0.1) is 0 Å². The molecule has 1 fully saturated rings. The normalized spacial score (nSPS) is 14.6. The molecule has 2 heterocycles. The molecule has 1 aromatic heterocycles. The Balaban J connectivity index is 1.52. The molecule has 34 heavy (non-hydrogen) atoms. The average molecular weight is 479 g/mol. The number of rotatable bonds is 10. The number of aliphatic hydroxyl groups excluding tert-OH is 1. The van der Waals surface area contributed by atoms with Gasteiger partial charge in [-0.25, -0.2) is 0 Å². The van der Waals surface area contributed by atoms with Gasteiger partial charge in [0.1, 0.15) is 16.4 Å². The minimum absolute atomic E-state index is 0.119. The van der Waals surface area contributed by atoms with E-state index in [1.807, 2.05) is 42.5 Å². The van der Waals surface area contributed by atoms with E-state index in [0.717, 1.165) is 25.3 Å². The Morgan fingerprint density at radius 2 is 1.91 bits per heavy atom. The number of carbonyl (C=O) groups excluding carboxylic acids is 1. The molecule has 0 atom stereocenters. The van der Waals surface area contributed by atoms with Gasteiger partial charge in [-0.3, -0.25) is 14.1 Å². The number of alkyl halides is 1. The molecule has 1 aliphatic rings. The Morgan fingerprint density at radius 1 is 1.21 bits per heavy atom. The number of thiophene rings is 1. The summed E-state index contributed by atoms with van der Waals surface area (Å²) in [5.41, 5.74) is 1.51. The lowest BCUT2D eigenvalue weighted by molar-refractivity contribution is 0.104. The summed E-state index contributed by atoms with van der Waals surface area (Å²) < 4.78 is 19.0. The topological polar surface area (TPSA) is 61.8 Å². The van der Waals surface area contributed by atoms with Crippen molar-refractivity contribution in [2.75, 3.05) is 31.6 Å². The van der Waals surface area contributed by atoms with Crippen molar-refractivity contribution in [1.82, 2.24) is 4.90 Å². The van der Waals surface area contributed by atoms with E-state index in [1.54, 1.807) is 12.1 Å². The standard InChI is InChI=1S/C27H27FN2O3S/c1-18(31)15-24-19(2)26(27(34-24)25(32)20-7-4-3-5-8-20)33-23-11-9-21(10-12-23)29-22-16-30(17-22)14-6-13-28/h3-5,7-12,15,22,29,31H,1-2,6,13-14,16-17H2/b24-15+. The molecule has 0 amide bonds. The maximum atomic E-state index is 13.2. The molecular weight excluding hydrogens is 451 g/mol. The van der Waals surface area contributed by atoms with Crippen LogP contribution >= 0.6 is 11.3 Å². The number of nitrogens with zero attached hydrogens (tertiary/aromatic N) is 1. The molecule has 0 radical (unpaired) electrons. The van der Waals surface area contributed by atoms with Crippen LogP contribution in [0.25, 0.3) is 12.7 Å². The van der Waals surface area contributed by atoms with Crippen molar-refractivity contribution >= 4 is 35.5 Å². The number of ketones is 1. The van der Waals surface area contributed by atoms with Gasteiger partial charge in [0.05, 0.1) is 12.7 Å². The number of benzene rings is 2. The highest BCUT2D eigenvalue weighted by molar-refractivity contribution is 7.12. The number of allylic oxidation sites excluding steroid dienone is 1. The van der Waals surface area contributed by atoms with Gasteiger partial charge < -0.3 is 15.2 Å². The number of anilines is 1. The highest BCUT2D eigenvalue weighted by atomic mass is 32.1. The number of hydrogen-bond acceptors (Lipinski definition) is 6. The molecule has 1 aliphatic heterocycles. The summed E-state index contributed by atoms with van der Waals surface area (Å²) in [6, 6.07) is 16.8. The smallest absolute Gasteiger partial charge is 0.206 e. The van der Waals surface area contributed by atoms with E-state index in [0.29, 0.717) is 44.2 Å². The van der Waals surface area contributed by atoms with Crippen molar-refractivity contribution in [3.05, 3.63) is 87.1 Å². The number of ether oxygens (including phenoxy) is 1. The first-order valence-electron chi connectivity index (χ1n) is 11.1. The van der Waals surface area contributed by atoms with Crippen LogP contribution in [-0.4, -0.2) is 48.1 Å². The lowest BCUT2D eigenvalue weighted by atomic mass is 10.1. The summed E-state index contributed by atoms with van der Waals surface area (Å²) in [5, 5.41) is 13.6. The van der Waals surface area contributed by atoms with Gasteiger partial charge in [-0.05, 0) is 36.8 Å². The minimum atomic E-state index is -0.276. The lowest BCUT2D eigenvalue weighted by Gasteiger charge is -2.40. The number of hydrogen-bond donors (Lipinski definition) is 2. The van der Waals surface area contributed by atoms with E-state index in [9.17, 15) is 14.3 Å². The van der Waals surface area contributed by atoms with Crippen molar-refractivity contribution in [1.29, 1.82) is 0 Å². The fraction of sp³-hybridized carbons (Fsp3) is 0.222. The summed E-state index contributed by atoms with van der Waals surface area (Å²) in [4.78, 5) is 15.8. The maximum absolute atomic E-state index is 13.2. The molecule has 0 bridgehead atoms. The molecule has 5 nitrogen and oxygen atoms in total. The van der Waals surface area contributed by atoms with E-state index in [-0.39, 0.29) is 18.2 Å². The van der Waals surface area contributed by atoms with E-state index in [2.05, 4.69) is 23.4 Å². The summed E-state index contributed by atoms with van der Waals surface area (Å²) in [6.07, 6.45) is 2.06. The second-order valence-electron chi connectivity index (χ2n) is 8.20. The fourth-order valence-corrected chi connectivity index (χ4v) is 4.91. The van der Waals surface area contributed by atoms with Crippen LogP contribution in [0.1, 0.15) is 21.7 Å². The molecule has 176 valence electrons. The van der Waals surface area contributed by atoms with E-state index in [4.69, 9.17) is 4.74 Å². The van der Waals surface area contributed by atoms with Crippen molar-refractivity contribution in [2.45, 2.75) is 12.5 Å². The molecule has 0 aliphatic carbocycles. The molecular formula is C27H27FN2O3S. The quantitative estimate of drug-likeness (QED) is 0.332. The summed E-state index contributed by atoms with van der Waals surface area (Å²) >= 11 is 1.21. The first-order chi connectivity index (χ1) is 16.4. The fourth-order valence-electron chi connectivity index (χ4n) is 3.81. The van der Waals surface area contributed by atoms with Crippen LogP contribution in [0.2, 0.25) is 0 Å². The Hall–Kier alpha value is -3.42. The first kappa shape index (κ1) is 23.7. The van der Waals surface area contributed by atoms with Gasteiger partial charge in [-0.2, -0.15) is 0 Å². The molecule has 1 saturated heterocycles. The van der Waals surface area contributed by atoms with Crippen LogP contribution in [0.3, 0.4) is 0 Å². The Labute approximate surface area is 202 Å². The second kappa shape index (κ2) is 10.7. The van der Waals surface area contributed by atoms with Crippen molar-refractivity contribution in [2.24, 2.45) is 0 Å². The molecule has 2 N–H and O–H groups in total. The van der Waals surface area contributed by atoms with E-state index in [1.165, 1.54) is 17.4 Å². The van der Waals surface area contributed by atoms with Gasteiger partial charge >= 0.3 is 0 Å². The van der Waals surface area contributed by atoms with E-state index < -0.39 is 0 Å². The first-order valence-corrected chi connectivity index (χ1v) is 11.9. The van der Waals surface area contributed by atoms with Crippen LogP contribution < -0.4 is 19.8 Å². The molecule has 3 aromatic rings. The van der Waals surface area contributed by atoms with Gasteiger partial charge in [0, 0.05) is 40.6 Å². The summed E-state index contributed by atoms with van der Waals surface area (Å²) in [6.45, 7) is 9.91. The Morgan fingerprint density at radius 3 is 2.56 bits per heavy atom. The predicted octanol–water partition coefficient (Wildman–Crippen LogP) is 4.49. The van der Waals surface area contributed by atoms with Crippen LogP contribution in [-0.2, 0) is 0 Å². The molecule has 7 heteroatoms. The molecule has 0 unspecified atom stereocenters. The SMILES string of the molecule is C=C(O)/C=c1/sc(C(=O)c2ccccc2)c(Oc2ccc(NC3CN(CCCF)C3)cc2)c1=C. The number of halogens is 1. The van der Waals surface area contributed by atoms with Crippen molar-refractivity contribution < 1.29 is 19.0 Å². The van der Waals surface area contributed by atoms with Gasteiger partial charge in [0.25, 0.3) is 0 Å². The molecule has 4 rings (SSSR count). The minimum Gasteiger partial charge on any atom is -0.509 e. The van der Waals surface area contributed by atoms with Gasteiger partial charge in [-0.1, -0.05) is 43.5 Å². The monoisotopic (exact) mass is 478 g/mol. The lowest BCUT2D eigenvalue weighted by Crippen LogP contribution is -2.54. The highest BCUT2D eigenvalue weighted by Gasteiger charge is 2.25. The highest BCUT2D eigenvalue weighted by Crippen LogP contribution is 2.28. The van der Waals surface area contributed by atoms with Gasteiger partial charge in [0.15, 0.2) is 5.75 Å². The summed E-state index contributed by atoms with van der Waals surface area (Å²) in [5.74, 6) is 0.651. The summed E-state index contributed by atoms with van der Waals surface area (Å²) in [7, 11) is 0. The molecule has 0 saturated carbocycles. The zero-order valence-corrected chi connectivity index (χ0v) is 19.6. The number of nitrogens with one attached hydrogen (secondary N) is 1. The third-order valence-corrected chi connectivity index (χ3v) is 6.70. The van der Waals surface area contributed by atoms with Crippen LogP contribution in [0.5, 0.6) is 11.5 Å². The molecule has 0 spiro atoms. The van der Waals surface area contributed by atoms with Crippen LogP contribution in [0.15, 0.2) is 66.9 Å². The zero-order chi connectivity index (χ0) is 24.1. The van der Waals surface area contributed by atoms with E-state index >= 15 is 0 Å². The third kappa shape index (κ3) is 5.55. The molecule has 2 aromatic carbocycles. The number of aliphatic hydroxyl groups is 1. The Bertz CT molecular complexity index is 1270. The van der Waals surface area contributed by atoms with Crippen LogP contribution in [0.4, 0.5) is 10.1 Å². The zero-order valence-electron chi connectivity index (χ0n) is 18.8. The third-order valence-electron chi connectivity index (χ3n) is 5.54. The van der Waals surface area contributed by atoms with Gasteiger partial charge in [0.2, 0.25) is 5.78 Å². The van der Waals surface area contributed by atoms with Crippen molar-refractivity contribution in [3.8, 4) is 11.5 Å². The van der Waals surface area contributed by atoms with Crippen molar-refractivity contribution in [3.63, 3.8) is 0 Å². The second-order valence-corrected chi connectivity index (χ2v) is 9.26. The average Bonchev–Trinajstić information content (AvgIpc) is 3.11. The maximum Gasteiger partial charge on any atom is 0.206 e. The number of likely N-dealkylation sites (tertiary alicyclic amines) is 1. The Kier molecular flexibility index (Phi) is 7.45. The largest absolute Gasteiger partial charge is 0.509 e.